The van der Waals surface area contributed by atoms with Crippen LogP contribution in [-0.2, 0) is 11.3 Å². The van der Waals surface area contributed by atoms with Gasteiger partial charge in [-0.15, -0.1) is 0 Å². The molecular formula is C16H17BrN2O2. The van der Waals surface area contributed by atoms with Crippen molar-refractivity contribution in [2.45, 2.75) is 6.54 Å². The molecule has 0 saturated carbocycles. The van der Waals surface area contributed by atoms with Crippen molar-refractivity contribution in [2.75, 3.05) is 20.3 Å². The fourth-order valence-electron chi connectivity index (χ4n) is 1.98. The molecule has 4 nitrogen and oxygen atoms in total. The van der Waals surface area contributed by atoms with Gasteiger partial charge < -0.3 is 9.64 Å². The molecule has 1 aromatic heterocycles. The number of aromatic nitrogens is 1. The Morgan fingerprint density at radius 1 is 1.29 bits per heavy atom. The van der Waals surface area contributed by atoms with Crippen LogP contribution < -0.4 is 0 Å². The molecule has 1 amide bonds. The molecule has 0 fully saturated rings. The van der Waals surface area contributed by atoms with Gasteiger partial charge in [0.05, 0.1) is 6.61 Å². The Morgan fingerprint density at radius 3 is 2.71 bits per heavy atom. The van der Waals surface area contributed by atoms with Crippen molar-refractivity contribution < 1.29 is 9.53 Å². The van der Waals surface area contributed by atoms with Crippen LogP contribution in [0.25, 0.3) is 0 Å². The van der Waals surface area contributed by atoms with Crippen LogP contribution in [0.1, 0.15) is 15.9 Å². The maximum Gasteiger partial charge on any atom is 0.254 e. The van der Waals surface area contributed by atoms with Crippen LogP contribution in [-0.4, -0.2) is 36.1 Å². The Hall–Kier alpha value is -1.72. The number of carbonyl (C=O) groups is 1. The van der Waals surface area contributed by atoms with E-state index in [2.05, 4.69) is 20.9 Å². The number of nitrogens with zero attached hydrogens (tertiary/aromatic N) is 2. The summed E-state index contributed by atoms with van der Waals surface area (Å²) in [5.74, 6) is -0.0287. The quantitative estimate of drug-likeness (QED) is 0.753. The van der Waals surface area contributed by atoms with Gasteiger partial charge in [0, 0.05) is 32.0 Å². The van der Waals surface area contributed by atoms with Gasteiger partial charge in [0.25, 0.3) is 5.91 Å². The van der Waals surface area contributed by atoms with Gasteiger partial charge in [0.15, 0.2) is 0 Å². The Morgan fingerprint density at radius 2 is 2.05 bits per heavy atom. The Bertz CT molecular complexity index is 590. The fraction of sp³-hybridized carbons (Fsp3) is 0.250. The van der Waals surface area contributed by atoms with E-state index in [1.807, 2.05) is 30.3 Å². The molecule has 21 heavy (non-hydrogen) atoms. The van der Waals surface area contributed by atoms with E-state index in [-0.39, 0.29) is 5.91 Å². The number of methoxy groups -OCH3 is 1. The van der Waals surface area contributed by atoms with Gasteiger partial charge in [-0.05, 0) is 33.6 Å². The number of ether oxygens (including phenoxy) is 1. The molecule has 1 aromatic carbocycles. The second-order valence-corrected chi connectivity index (χ2v) is 5.38. The third-order valence-electron chi connectivity index (χ3n) is 3.04. The molecule has 0 bridgehead atoms. The summed E-state index contributed by atoms with van der Waals surface area (Å²) < 4.78 is 5.76. The molecule has 0 aliphatic heterocycles. The highest BCUT2D eigenvalue weighted by Crippen LogP contribution is 2.13. The number of benzene rings is 1. The summed E-state index contributed by atoms with van der Waals surface area (Å²) in [4.78, 5) is 18.5. The topological polar surface area (TPSA) is 42.4 Å². The zero-order valence-corrected chi connectivity index (χ0v) is 13.4. The number of rotatable bonds is 6. The Labute approximate surface area is 132 Å². The van der Waals surface area contributed by atoms with Crippen molar-refractivity contribution in [3.63, 3.8) is 0 Å². The minimum Gasteiger partial charge on any atom is -0.383 e. The van der Waals surface area contributed by atoms with Gasteiger partial charge in [-0.2, -0.15) is 0 Å². The molecule has 2 rings (SSSR count). The summed E-state index contributed by atoms with van der Waals surface area (Å²) in [5, 5.41) is 0. The molecule has 0 unspecified atom stereocenters. The van der Waals surface area contributed by atoms with E-state index in [0.717, 1.165) is 5.56 Å². The number of pyridine rings is 1. The maximum atomic E-state index is 12.6. The lowest BCUT2D eigenvalue weighted by atomic mass is 10.2. The summed E-state index contributed by atoms with van der Waals surface area (Å²) in [6.07, 6.45) is 1.62. The predicted molar refractivity (Wildman–Crippen MR) is 85.0 cm³/mol. The average molecular weight is 349 g/mol. The lowest BCUT2D eigenvalue weighted by Gasteiger charge is -2.22. The number of halogens is 1. The maximum absolute atomic E-state index is 12.6. The highest BCUT2D eigenvalue weighted by Gasteiger charge is 2.16. The van der Waals surface area contributed by atoms with Crippen molar-refractivity contribution in [2.24, 2.45) is 0 Å². The molecule has 0 spiro atoms. The van der Waals surface area contributed by atoms with Crippen molar-refractivity contribution in [1.29, 1.82) is 0 Å². The summed E-state index contributed by atoms with van der Waals surface area (Å²) in [5.41, 5.74) is 1.71. The average Bonchev–Trinajstić information content (AvgIpc) is 2.51. The monoisotopic (exact) mass is 348 g/mol. The molecule has 0 N–H and O–H groups in total. The molecule has 5 heteroatoms. The SMILES string of the molecule is COCCN(Cc1ccccc1)C(=O)c1ccnc(Br)c1. The lowest BCUT2D eigenvalue weighted by Crippen LogP contribution is -2.33. The Balaban J connectivity index is 2.17. The normalized spacial score (nSPS) is 10.4. The van der Waals surface area contributed by atoms with Crippen LogP contribution in [0.15, 0.2) is 53.3 Å². The predicted octanol–water partition coefficient (Wildman–Crippen LogP) is 3.13. The minimum absolute atomic E-state index is 0.0287. The summed E-state index contributed by atoms with van der Waals surface area (Å²) >= 11 is 3.29. The zero-order valence-electron chi connectivity index (χ0n) is 11.8. The van der Waals surface area contributed by atoms with E-state index in [0.29, 0.717) is 29.9 Å². The van der Waals surface area contributed by atoms with Gasteiger partial charge in [-0.1, -0.05) is 30.3 Å². The first kappa shape index (κ1) is 15.7. The fourth-order valence-corrected chi connectivity index (χ4v) is 2.34. The van der Waals surface area contributed by atoms with Crippen LogP contribution in [0.4, 0.5) is 0 Å². The van der Waals surface area contributed by atoms with E-state index in [9.17, 15) is 4.79 Å². The number of amides is 1. The van der Waals surface area contributed by atoms with Crippen molar-refractivity contribution in [3.05, 3.63) is 64.4 Å². The summed E-state index contributed by atoms with van der Waals surface area (Å²) in [6, 6.07) is 13.4. The Kier molecular flexibility index (Phi) is 5.90. The van der Waals surface area contributed by atoms with Crippen LogP contribution in [0.3, 0.4) is 0 Å². The van der Waals surface area contributed by atoms with Crippen LogP contribution in [0.5, 0.6) is 0 Å². The van der Waals surface area contributed by atoms with Gasteiger partial charge >= 0.3 is 0 Å². The summed E-state index contributed by atoms with van der Waals surface area (Å²) in [6.45, 7) is 1.61. The number of hydrogen-bond donors (Lipinski definition) is 0. The van der Waals surface area contributed by atoms with Gasteiger partial charge in [0.1, 0.15) is 4.60 Å². The second kappa shape index (κ2) is 7.90. The largest absolute Gasteiger partial charge is 0.383 e. The van der Waals surface area contributed by atoms with Gasteiger partial charge in [-0.25, -0.2) is 4.98 Å². The molecular weight excluding hydrogens is 332 g/mol. The molecule has 0 saturated heterocycles. The first-order valence-corrected chi connectivity index (χ1v) is 7.43. The lowest BCUT2D eigenvalue weighted by molar-refractivity contribution is 0.0680. The van der Waals surface area contributed by atoms with E-state index >= 15 is 0 Å². The van der Waals surface area contributed by atoms with E-state index in [1.54, 1.807) is 30.3 Å². The number of carbonyl (C=O) groups excluding carboxylic acids is 1. The zero-order chi connectivity index (χ0) is 15.1. The van der Waals surface area contributed by atoms with E-state index in [1.165, 1.54) is 0 Å². The van der Waals surface area contributed by atoms with Crippen LogP contribution in [0.2, 0.25) is 0 Å². The van der Waals surface area contributed by atoms with E-state index in [4.69, 9.17) is 4.74 Å². The van der Waals surface area contributed by atoms with Crippen LogP contribution >= 0.6 is 15.9 Å². The summed E-state index contributed by atoms with van der Waals surface area (Å²) in [7, 11) is 1.63. The molecule has 1 heterocycles. The first-order chi connectivity index (χ1) is 10.2. The van der Waals surface area contributed by atoms with Crippen molar-refractivity contribution in [1.82, 2.24) is 9.88 Å². The second-order valence-electron chi connectivity index (χ2n) is 4.57. The first-order valence-electron chi connectivity index (χ1n) is 6.64. The van der Waals surface area contributed by atoms with E-state index < -0.39 is 0 Å². The van der Waals surface area contributed by atoms with Gasteiger partial charge in [0.2, 0.25) is 0 Å². The third kappa shape index (κ3) is 4.65. The smallest absolute Gasteiger partial charge is 0.254 e. The molecule has 0 aliphatic rings. The van der Waals surface area contributed by atoms with Crippen molar-refractivity contribution >= 4 is 21.8 Å². The van der Waals surface area contributed by atoms with Gasteiger partial charge in [-0.3, -0.25) is 4.79 Å². The van der Waals surface area contributed by atoms with Crippen molar-refractivity contribution in [3.8, 4) is 0 Å². The number of hydrogen-bond acceptors (Lipinski definition) is 3. The molecule has 0 aliphatic carbocycles. The highest BCUT2D eigenvalue weighted by atomic mass is 79.9. The molecule has 0 radical (unpaired) electrons. The molecule has 110 valence electrons. The molecule has 0 atom stereocenters. The molecule has 2 aromatic rings. The highest BCUT2D eigenvalue weighted by molar-refractivity contribution is 9.10. The standard InChI is InChI=1S/C16H17BrN2O2/c1-21-10-9-19(12-13-5-3-2-4-6-13)16(20)14-7-8-18-15(17)11-14/h2-8,11H,9-10,12H2,1H3. The minimum atomic E-state index is -0.0287. The van der Waals surface area contributed by atoms with Crippen LogP contribution in [0, 0.1) is 0 Å². The third-order valence-corrected chi connectivity index (χ3v) is 3.48.